The molecular weight excluding hydrogens is 312 g/mol. The van der Waals surface area contributed by atoms with Gasteiger partial charge in [-0.1, -0.05) is 44.5 Å². The van der Waals surface area contributed by atoms with E-state index in [9.17, 15) is 9.90 Å². The summed E-state index contributed by atoms with van der Waals surface area (Å²) in [5.74, 6) is 1.61. The SMILES string of the molecule is C=C(C)C=O.COCCCc1cc(CO)ccc1C1CCC(C)CC1. The Morgan fingerprint density at radius 2 is 1.96 bits per heavy atom. The van der Waals surface area contributed by atoms with Crippen molar-refractivity contribution in [1.29, 1.82) is 0 Å². The molecule has 25 heavy (non-hydrogen) atoms. The van der Waals surface area contributed by atoms with Crippen molar-refractivity contribution in [3.63, 3.8) is 0 Å². The van der Waals surface area contributed by atoms with E-state index >= 15 is 0 Å². The number of carbonyl (C=O) groups is 1. The zero-order valence-corrected chi connectivity index (χ0v) is 16.1. The van der Waals surface area contributed by atoms with Crippen LogP contribution < -0.4 is 0 Å². The van der Waals surface area contributed by atoms with E-state index in [0.29, 0.717) is 5.57 Å². The zero-order chi connectivity index (χ0) is 18.7. The summed E-state index contributed by atoms with van der Waals surface area (Å²) in [6.45, 7) is 8.28. The lowest BCUT2D eigenvalue weighted by Crippen LogP contribution is -2.13. The number of aldehydes is 1. The molecule has 3 nitrogen and oxygen atoms in total. The molecule has 1 N–H and O–H groups in total. The largest absolute Gasteiger partial charge is 0.392 e. The highest BCUT2D eigenvalue weighted by Gasteiger charge is 2.21. The van der Waals surface area contributed by atoms with Crippen LogP contribution in [0.4, 0.5) is 0 Å². The van der Waals surface area contributed by atoms with Gasteiger partial charge in [-0.05, 0) is 66.7 Å². The van der Waals surface area contributed by atoms with E-state index in [4.69, 9.17) is 4.74 Å². The first-order valence-corrected chi connectivity index (χ1v) is 9.34. The van der Waals surface area contributed by atoms with E-state index in [2.05, 4.69) is 31.7 Å². The molecule has 0 heterocycles. The first-order valence-electron chi connectivity index (χ1n) is 9.34. The highest BCUT2D eigenvalue weighted by atomic mass is 16.5. The van der Waals surface area contributed by atoms with Crippen molar-refractivity contribution in [2.45, 2.75) is 64.9 Å². The Balaban J connectivity index is 0.000000550. The van der Waals surface area contributed by atoms with Crippen molar-refractivity contribution < 1.29 is 14.6 Å². The number of aliphatic hydroxyl groups excluding tert-OH is 1. The van der Waals surface area contributed by atoms with Crippen molar-refractivity contribution in [2.24, 2.45) is 5.92 Å². The molecule has 0 radical (unpaired) electrons. The normalized spacial score (nSPS) is 19.7. The van der Waals surface area contributed by atoms with E-state index in [-0.39, 0.29) is 6.61 Å². The van der Waals surface area contributed by atoms with Gasteiger partial charge in [0.15, 0.2) is 0 Å². The summed E-state index contributed by atoms with van der Waals surface area (Å²) < 4.78 is 5.17. The number of allylic oxidation sites excluding steroid dienone is 1. The summed E-state index contributed by atoms with van der Waals surface area (Å²) >= 11 is 0. The number of carbonyl (C=O) groups excluding carboxylic acids is 1. The molecule has 0 atom stereocenters. The van der Waals surface area contributed by atoms with Crippen LogP contribution >= 0.6 is 0 Å². The molecule has 1 aromatic carbocycles. The molecule has 0 unspecified atom stereocenters. The Bertz CT molecular complexity index is 528. The number of hydrogen-bond donors (Lipinski definition) is 1. The second-order valence-corrected chi connectivity index (χ2v) is 7.21. The zero-order valence-electron chi connectivity index (χ0n) is 16.1. The molecule has 0 amide bonds. The summed E-state index contributed by atoms with van der Waals surface area (Å²) in [5, 5.41) is 9.34. The number of rotatable bonds is 7. The average Bonchev–Trinajstić information content (AvgIpc) is 2.63. The van der Waals surface area contributed by atoms with Crippen molar-refractivity contribution >= 4 is 6.29 Å². The molecule has 140 valence electrons. The monoisotopic (exact) mass is 346 g/mol. The molecule has 0 saturated heterocycles. The van der Waals surface area contributed by atoms with Crippen LogP contribution in [0.3, 0.4) is 0 Å². The van der Waals surface area contributed by atoms with Crippen molar-refractivity contribution in [3.8, 4) is 0 Å². The Labute approximate surface area is 153 Å². The molecule has 0 aromatic heterocycles. The average molecular weight is 347 g/mol. The fraction of sp³-hybridized carbons (Fsp3) is 0.591. The maximum Gasteiger partial charge on any atom is 0.145 e. The first kappa shape index (κ1) is 21.6. The molecule has 3 heteroatoms. The Morgan fingerprint density at radius 1 is 1.32 bits per heavy atom. The molecule has 1 fully saturated rings. The van der Waals surface area contributed by atoms with Gasteiger partial charge in [0.05, 0.1) is 6.61 Å². The molecule has 0 bridgehead atoms. The van der Waals surface area contributed by atoms with Crippen LogP contribution in [0.2, 0.25) is 0 Å². The maximum atomic E-state index is 9.41. The lowest BCUT2D eigenvalue weighted by atomic mass is 9.77. The van der Waals surface area contributed by atoms with Crippen LogP contribution in [0, 0.1) is 5.92 Å². The van der Waals surface area contributed by atoms with Gasteiger partial charge in [-0.2, -0.15) is 0 Å². The highest BCUT2D eigenvalue weighted by molar-refractivity contribution is 5.70. The number of aryl methyl sites for hydroxylation is 1. The molecule has 0 aliphatic heterocycles. The lowest BCUT2D eigenvalue weighted by molar-refractivity contribution is -0.104. The highest BCUT2D eigenvalue weighted by Crippen LogP contribution is 2.37. The summed E-state index contributed by atoms with van der Waals surface area (Å²) in [5.41, 5.74) is 4.55. The van der Waals surface area contributed by atoms with E-state index in [1.165, 1.54) is 36.8 Å². The summed E-state index contributed by atoms with van der Waals surface area (Å²) in [7, 11) is 1.76. The van der Waals surface area contributed by atoms with Crippen LogP contribution in [0.15, 0.2) is 30.4 Å². The van der Waals surface area contributed by atoms with Gasteiger partial charge in [0, 0.05) is 13.7 Å². The van der Waals surface area contributed by atoms with Crippen LogP contribution in [0.5, 0.6) is 0 Å². The standard InChI is InChI=1S/C18H28O2.C4H6O/c1-14-5-8-16(9-6-14)18-10-7-15(13-19)12-17(18)4-3-11-20-2;1-4(2)3-5/h7,10,12,14,16,19H,3-6,8-9,11,13H2,1-2H3;3H,1H2,2H3. The smallest absolute Gasteiger partial charge is 0.145 e. The first-order chi connectivity index (χ1) is 12.0. The van der Waals surface area contributed by atoms with Gasteiger partial charge in [0.1, 0.15) is 6.29 Å². The Kier molecular flexibility index (Phi) is 10.4. The van der Waals surface area contributed by atoms with Crippen LogP contribution in [-0.4, -0.2) is 25.1 Å². The van der Waals surface area contributed by atoms with Gasteiger partial charge in [-0.25, -0.2) is 0 Å². The number of ether oxygens (including phenoxy) is 1. The van der Waals surface area contributed by atoms with Gasteiger partial charge in [-0.3, -0.25) is 4.79 Å². The number of benzene rings is 1. The van der Waals surface area contributed by atoms with Gasteiger partial charge < -0.3 is 9.84 Å². The summed E-state index contributed by atoms with van der Waals surface area (Å²) in [6, 6.07) is 6.55. The third-order valence-corrected chi connectivity index (χ3v) is 4.84. The van der Waals surface area contributed by atoms with Gasteiger partial charge >= 0.3 is 0 Å². The number of methoxy groups -OCH3 is 1. The molecule has 1 saturated carbocycles. The molecule has 1 aromatic rings. The summed E-state index contributed by atoms with van der Waals surface area (Å²) in [6.07, 6.45) is 8.17. The minimum atomic E-state index is 0.138. The van der Waals surface area contributed by atoms with E-state index in [1.807, 2.05) is 0 Å². The predicted octanol–water partition coefficient (Wildman–Crippen LogP) is 4.81. The topological polar surface area (TPSA) is 46.5 Å². The lowest BCUT2D eigenvalue weighted by Gasteiger charge is -2.28. The van der Waals surface area contributed by atoms with E-state index in [0.717, 1.165) is 43.1 Å². The third-order valence-electron chi connectivity index (χ3n) is 4.84. The van der Waals surface area contributed by atoms with Crippen LogP contribution in [0.25, 0.3) is 0 Å². The molecule has 0 spiro atoms. The maximum absolute atomic E-state index is 9.41. The van der Waals surface area contributed by atoms with Gasteiger partial charge in [-0.15, -0.1) is 0 Å². The van der Waals surface area contributed by atoms with E-state index in [1.54, 1.807) is 14.0 Å². The van der Waals surface area contributed by atoms with Crippen molar-refractivity contribution in [3.05, 3.63) is 47.0 Å². The summed E-state index contributed by atoms with van der Waals surface area (Å²) in [4.78, 5) is 9.41. The fourth-order valence-electron chi connectivity index (χ4n) is 3.35. The molecular formula is C22H34O3. The van der Waals surface area contributed by atoms with Gasteiger partial charge in [0.2, 0.25) is 0 Å². The molecule has 1 aliphatic rings. The van der Waals surface area contributed by atoms with Gasteiger partial charge in [0.25, 0.3) is 0 Å². The van der Waals surface area contributed by atoms with Crippen molar-refractivity contribution in [1.82, 2.24) is 0 Å². The van der Waals surface area contributed by atoms with Crippen molar-refractivity contribution in [2.75, 3.05) is 13.7 Å². The van der Waals surface area contributed by atoms with Crippen LogP contribution in [0.1, 0.15) is 68.6 Å². The Hall–Kier alpha value is -1.45. The fourth-order valence-corrected chi connectivity index (χ4v) is 3.35. The molecule has 2 rings (SSSR count). The van der Waals surface area contributed by atoms with E-state index < -0.39 is 0 Å². The second kappa shape index (κ2) is 12.0. The van der Waals surface area contributed by atoms with Crippen LogP contribution in [-0.2, 0) is 22.6 Å². The number of hydrogen-bond acceptors (Lipinski definition) is 3. The predicted molar refractivity (Wildman–Crippen MR) is 104 cm³/mol. The Morgan fingerprint density at radius 3 is 2.48 bits per heavy atom. The minimum Gasteiger partial charge on any atom is -0.392 e. The molecule has 1 aliphatic carbocycles. The second-order valence-electron chi connectivity index (χ2n) is 7.21. The third kappa shape index (κ3) is 7.98. The number of aliphatic hydroxyl groups is 1. The minimum absolute atomic E-state index is 0.138. The quantitative estimate of drug-likeness (QED) is 0.438.